The Kier molecular flexibility index (Phi) is 5.90. The number of carbonyl (C=O) groups excluding carboxylic acids is 1. The molecule has 1 saturated heterocycles. The number of nitrogens with zero attached hydrogens (tertiary/aromatic N) is 2. The lowest BCUT2D eigenvalue weighted by Crippen LogP contribution is -2.44. The zero-order chi connectivity index (χ0) is 20.4. The molecule has 2 aromatic carbocycles. The van der Waals surface area contributed by atoms with E-state index >= 15 is 0 Å². The van der Waals surface area contributed by atoms with Crippen LogP contribution in [0.15, 0.2) is 48.7 Å². The Hall–Kier alpha value is -2.34. The molecule has 1 aliphatic rings. The van der Waals surface area contributed by atoms with Gasteiger partial charge < -0.3 is 10.4 Å². The number of amides is 1. The van der Waals surface area contributed by atoms with Gasteiger partial charge in [-0.25, -0.2) is 0 Å². The van der Waals surface area contributed by atoms with Crippen LogP contribution in [-0.2, 0) is 6.54 Å². The van der Waals surface area contributed by atoms with Crippen molar-refractivity contribution >= 4 is 40.0 Å². The summed E-state index contributed by atoms with van der Waals surface area (Å²) < 4.78 is 0. The van der Waals surface area contributed by atoms with Crippen LogP contribution in [0.5, 0.6) is 5.75 Å². The fourth-order valence-corrected chi connectivity index (χ4v) is 4.11. The predicted octanol–water partition coefficient (Wildman–Crippen LogP) is 4.64. The molecule has 7 heteroatoms. The summed E-state index contributed by atoms with van der Waals surface area (Å²) in [5.41, 5.74) is 1.91. The number of likely N-dealkylation sites (tertiary alicyclic amines) is 1. The monoisotopic (exact) mass is 429 g/mol. The summed E-state index contributed by atoms with van der Waals surface area (Å²) in [5.74, 6) is 0.105. The Bertz CT molecular complexity index is 1030. The van der Waals surface area contributed by atoms with Gasteiger partial charge in [0.25, 0.3) is 5.91 Å². The van der Waals surface area contributed by atoms with Gasteiger partial charge in [-0.05, 0) is 55.3 Å². The van der Waals surface area contributed by atoms with Gasteiger partial charge in [0.1, 0.15) is 11.3 Å². The van der Waals surface area contributed by atoms with Gasteiger partial charge >= 0.3 is 0 Å². The molecule has 5 nitrogen and oxygen atoms in total. The Morgan fingerprint density at radius 1 is 1.17 bits per heavy atom. The molecule has 0 atom stereocenters. The van der Waals surface area contributed by atoms with Gasteiger partial charge in [0.2, 0.25) is 0 Å². The van der Waals surface area contributed by atoms with Crippen LogP contribution in [0.25, 0.3) is 10.9 Å². The number of nitrogens with one attached hydrogen (secondary N) is 1. The number of carbonyl (C=O) groups is 1. The quantitative estimate of drug-likeness (QED) is 0.633. The Labute approximate surface area is 179 Å². The Morgan fingerprint density at radius 3 is 2.62 bits per heavy atom. The van der Waals surface area contributed by atoms with Crippen molar-refractivity contribution in [1.29, 1.82) is 0 Å². The van der Waals surface area contributed by atoms with Crippen LogP contribution in [0.4, 0.5) is 0 Å². The van der Waals surface area contributed by atoms with E-state index in [1.54, 1.807) is 36.5 Å². The second kappa shape index (κ2) is 8.57. The third-order valence-electron chi connectivity index (χ3n) is 5.32. The van der Waals surface area contributed by atoms with Crippen molar-refractivity contribution in [2.45, 2.75) is 25.4 Å². The standard InChI is InChI=1S/C22H21Cl2N3O2/c23-16-5-3-14(4-6-16)22(29)26-17-7-10-27(11-8-17)13-15-12-19(24)18-2-1-9-25-20(18)21(15)28/h1-6,9,12,17,28H,7-8,10-11,13H2,(H,26,29). The van der Waals surface area contributed by atoms with Crippen LogP contribution in [0.2, 0.25) is 10.0 Å². The van der Waals surface area contributed by atoms with Gasteiger partial charge in [-0.3, -0.25) is 14.7 Å². The van der Waals surface area contributed by atoms with Crippen molar-refractivity contribution in [3.63, 3.8) is 0 Å². The molecular weight excluding hydrogens is 409 g/mol. The number of benzene rings is 2. The number of aromatic nitrogens is 1. The molecule has 0 radical (unpaired) electrons. The Balaban J connectivity index is 1.37. The third kappa shape index (κ3) is 4.47. The van der Waals surface area contributed by atoms with E-state index in [9.17, 15) is 9.90 Å². The number of hydrogen-bond acceptors (Lipinski definition) is 4. The molecule has 0 bridgehead atoms. The molecule has 1 amide bonds. The van der Waals surface area contributed by atoms with E-state index in [1.807, 2.05) is 12.1 Å². The molecule has 2 heterocycles. The molecule has 4 rings (SSSR count). The van der Waals surface area contributed by atoms with Gasteiger partial charge in [-0.2, -0.15) is 0 Å². The number of piperidine rings is 1. The van der Waals surface area contributed by atoms with Crippen molar-refractivity contribution in [1.82, 2.24) is 15.2 Å². The molecular formula is C22H21Cl2N3O2. The first-order chi connectivity index (χ1) is 14.0. The maximum atomic E-state index is 12.4. The zero-order valence-electron chi connectivity index (χ0n) is 15.7. The number of fused-ring (bicyclic) bond motifs is 1. The summed E-state index contributed by atoms with van der Waals surface area (Å²) in [4.78, 5) is 18.9. The minimum atomic E-state index is -0.0786. The number of aromatic hydroxyl groups is 1. The fraction of sp³-hybridized carbons (Fsp3) is 0.273. The summed E-state index contributed by atoms with van der Waals surface area (Å²) in [7, 11) is 0. The van der Waals surface area contributed by atoms with E-state index in [4.69, 9.17) is 23.2 Å². The van der Waals surface area contributed by atoms with E-state index in [2.05, 4.69) is 15.2 Å². The van der Waals surface area contributed by atoms with E-state index in [1.165, 1.54) is 0 Å². The molecule has 0 unspecified atom stereocenters. The SMILES string of the molecule is O=C(NC1CCN(Cc2cc(Cl)c3cccnc3c2O)CC1)c1ccc(Cl)cc1. The molecule has 29 heavy (non-hydrogen) atoms. The second-order valence-corrected chi connectivity index (χ2v) is 8.14. The van der Waals surface area contributed by atoms with E-state index in [0.717, 1.165) is 36.9 Å². The van der Waals surface area contributed by atoms with Gasteiger partial charge in [-0.1, -0.05) is 23.2 Å². The number of halogens is 2. The molecule has 2 N–H and O–H groups in total. The predicted molar refractivity (Wildman–Crippen MR) is 116 cm³/mol. The molecule has 3 aromatic rings. The zero-order valence-corrected chi connectivity index (χ0v) is 17.2. The van der Waals surface area contributed by atoms with Crippen molar-refractivity contribution < 1.29 is 9.90 Å². The average Bonchev–Trinajstić information content (AvgIpc) is 2.73. The third-order valence-corrected chi connectivity index (χ3v) is 5.88. The van der Waals surface area contributed by atoms with Crippen molar-refractivity contribution in [2.75, 3.05) is 13.1 Å². The van der Waals surface area contributed by atoms with Gasteiger partial charge in [0, 0.05) is 53.4 Å². The molecule has 1 fully saturated rings. The molecule has 1 aromatic heterocycles. The van der Waals surface area contributed by atoms with Crippen molar-refractivity contribution in [2.24, 2.45) is 0 Å². The molecule has 0 spiro atoms. The normalized spacial score (nSPS) is 15.5. The number of pyridine rings is 1. The summed E-state index contributed by atoms with van der Waals surface area (Å²) in [6.07, 6.45) is 3.34. The number of phenolic OH excluding ortho intramolecular Hbond substituents is 1. The first-order valence-electron chi connectivity index (χ1n) is 9.55. The summed E-state index contributed by atoms with van der Waals surface area (Å²) >= 11 is 12.3. The maximum absolute atomic E-state index is 12.4. The smallest absolute Gasteiger partial charge is 0.251 e. The highest BCUT2D eigenvalue weighted by molar-refractivity contribution is 6.35. The van der Waals surface area contributed by atoms with Crippen LogP contribution >= 0.6 is 23.2 Å². The summed E-state index contributed by atoms with van der Waals surface area (Å²) in [5, 5.41) is 15.7. The van der Waals surface area contributed by atoms with Crippen molar-refractivity contribution in [3.8, 4) is 5.75 Å². The molecule has 150 valence electrons. The molecule has 0 saturated carbocycles. The Morgan fingerprint density at radius 2 is 1.90 bits per heavy atom. The van der Waals surface area contributed by atoms with Crippen LogP contribution in [0.3, 0.4) is 0 Å². The van der Waals surface area contributed by atoms with Crippen molar-refractivity contribution in [3.05, 3.63) is 69.8 Å². The van der Waals surface area contributed by atoms with Crippen LogP contribution in [-0.4, -0.2) is 40.0 Å². The highest BCUT2D eigenvalue weighted by Crippen LogP contribution is 2.33. The van der Waals surface area contributed by atoms with E-state index in [-0.39, 0.29) is 17.7 Å². The van der Waals surface area contributed by atoms with Gasteiger partial charge in [0.15, 0.2) is 0 Å². The minimum Gasteiger partial charge on any atom is -0.505 e. The lowest BCUT2D eigenvalue weighted by Gasteiger charge is -2.32. The molecule has 0 aliphatic carbocycles. The second-order valence-electron chi connectivity index (χ2n) is 7.30. The van der Waals surface area contributed by atoms with Crippen LogP contribution in [0.1, 0.15) is 28.8 Å². The molecule has 1 aliphatic heterocycles. The first-order valence-corrected chi connectivity index (χ1v) is 10.3. The van der Waals surface area contributed by atoms with Gasteiger partial charge in [-0.15, -0.1) is 0 Å². The number of rotatable bonds is 4. The summed E-state index contributed by atoms with van der Waals surface area (Å²) in [6.45, 7) is 2.24. The largest absolute Gasteiger partial charge is 0.505 e. The highest BCUT2D eigenvalue weighted by atomic mass is 35.5. The maximum Gasteiger partial charge on any atom is 0.251 e. The average molecular weight is 430 g/mol. The van der Waals surface area contributed by atoms with Crippen LogP contribution < -0.4 is 5.32 Å². The van der Waals surface area contributed by atoms with Crippen LogP contribution in [0, 0.1) is 0 Å². The summed E-state index contributed by atoms with van der Waals surface area (Å²) in [6, 6.07) is 12.5. The van der Waals surface area contributed by atoms with E-state index in [0.29, 0.717) is 27.7 Å². The highest BCUT2D eigenvalue weighted by Gasteiger charge is 2.22. The first kappa shape index (κ1) is 20.0. The minimum absolute atomic E-state index is 0.0786. The lowest BCUT2D eigenvalue weighted by atomic mass is 10.0. The lowest BCUT2D eigenvalue weighted by molar-refractivity contribution is 0.0909. The number of phenols is 1. The number of hydrogen-bond donors (Lipinski definition) is 2. The fourth-order valence-electron chi connectivity index (χ4n) is 3.70. The topological polar surface area (TPSA) is 65.5 Å². The van der Waals surface area contributed by atoms with Gasteiger partial charge in [0.05, 0.1) is 5.02 Å². The van der Waals surface area contributed by atoms with E-state index < -0.39 is 0 Å².